The van der Waals surface area contributed by atoms with Gasteiger partial charge in [0.2, 0.25) is 0 Å². The molecule has 0 bridgehead atoms. The monoisotopic (exact) mass is 430 g/mol. The van der Waals surface area contributed by atoms with E-state index in [-0.39, 0.29) is 0 Å². The second-order valence-electron chi connectivity index (χ2n) is 6.13. The molecule has 8 heteroatoms. The molecule has 0 saturated carbocycles. The van der Waals surface area contributed by atoms with Crippen LogP contribution in [0, 0.1) is 0 Å². The summed E-state index contributed by atoms with van der Waals surface area (Å²) in [6.07, 6.45) is 0. The van der Waals surface area contributed by atoms with Crippen LogP contribution in [-0.4, -0.2) is 57.3 Å². The fourth-order valence-corrected chi connectivity index (χ4v) is 8.37. The topological polar surface area (TPSA) is 55.4 Å². The fourth-order valence-electron chi connectivity index (χ4n) is 3.15. The fraction of sp³-hybridized carbons (Fsp3) is 0.700. The van der Waals surface area contributed by atoms with Crippen molar-refractivity contribution < 1.29 is 26.6 Å². The van der Waals surface area contributed by atoms with Gasteiger partial charge >= 0.3 is 17.6 Å². The van der Waals surface area contributed by atoms with Crippen molar-refractivity contribution in [3.05, 3.63) is 35.4 Å². The molecule has 1 aromatic carbocycles. The standard InChI is InChI=1S/C20H38O6Si2/c1-7-21-27(22-8-2,23-9-3)17-19-13-15-20(16-14-19)18-28(24-10-4,25-11-5)26-12-6/h13-16H,7-12,17-18H2,1-6H3. The van der Waals surface area contributed by atoms with Crippen LogP contribution in [0.25, 0.3) is 0 Å². The van der Waals surface area contributed by atoms with E-state index in [0.29, 0.717) is 51.7 Å². The summed E-state index contributed by atoms with van der Waals surface area (Å²) < 4.78 is 35.8. The number of hydrogen-bond donors (Lipinski definition) is 0. The third-order valence-corrected chi connectivity index (χ3v) is 10.1. The Balaban J connectivity index is 2.95. The van der Waals surface area contributed by atoms with Crippen molar-refractivity contribution in [2.45, 2.75) is 53.6 Å². The lowest BCUT2D eigenvalue weighted by molar-refractivity contribution is 0.0693. The maximum Gasteiger partial charge on any atom is 0.505 e. The highest BCUT2D eigenvalue weighted by molar-refractivity contribution is 6.60. The second kappa shape index (κ2) is 13.6. The first kappa shape index (κ1) is 25.5. The highest BCUT2D eigenvalue weighted by Gasteiger charge is 2.42. The van der Waals surface area contributed by atoms with Crippen molar-refractivity contribution in [2.24, 2.45) is 0 Å². The molecule has 1 aromatic rings. The van der Waals surface area contributed by atoms with E-state index in [1.54, 1.807) is 0 Å². The van der Waals surface area contributed by atoms with Crippen LogP contribution in [0.5, 0.6) is 0 Å². The molecule has 0 spiro atoms. The van der Waals surface area contributed by atoms with Crippen LogP contribution >= 0.6 is 0 Å². The summed E-state index contributed by atoms with van der Waals surface area (Å²) in [7, 11) is -5.41. The molecular weight excluding hydrogens is 392 g/mol. The van der Waals surface area contributed by atoms with Crippen LogP contribution in [0.4, 0.5) is 0 Å². The van der Waals surface area contributed by atoms with Gasteiger partial charge in [0.25, 0.3) is 0 Å². The first-order valence-electron chi connectivity index (χ1n) is 10.4. The van der Waals surface area contributed by atoms with E-state index in [1.165, 1.54) is 0 Å². The molecule has 0 unspecified atom stereocenters. The highest BCUT2D eigenvalue weighted by atomic mass is 28.4. The van der Waals surface area contributed by atoms with Crippen LogP contribution in [-0.2, 0) is 38.6 Å². The Morgan fingerprint density at radius 1 is 0.464 bits per heavy atom. The molecule has 0 aliphatic heterocycles. The molecule has 0 heterocycles. The third-order valence-electron chi connectivity index (χ3n) is 4.05. The minimum atomic E-state index is -2.70. The molecular formula is C20H38O6Si2. The van der Waals surface area contributed by atoms with Gasteiger partial charge in [0.05, 0.1) is 0 Å². The Morgan fingerprint density at radius 3 is 0.857 bits per heavy atom. The lowest BCUT2D eigenvalue weighted by atomic mass is 10.2. The number of benzene rings is 1. The van der Waals surface area contributed by atoms with Crippen molar-refractivity contribution in [1.29, 1.82) is 0 Å². The molecule has 0 saturated heterocycles. The van der Waals surface area contributed by atoms with Crippen molar-refractivity contribution >= 4 is 17.6 Å². The Labute approximate surface area is 173 Å². The van der Waals surface area contributed by atoms with Gasteiger partial charge in [-0.3, -0.25) is 0 Å². The van der Waals surface area contributed by atoms with E-state index in [2.05, 4.69) is 24.3 Å². The molecule has 162 valence electrons. The van der Waals surface area contributed by atoms with E-state index >= 15 is 0 Å². The van der Waals surface area contributed by atoms with Crippen LogP contribution in [0.15, 0.2) is 24.3 Å². The van der Waals surface area contributed by atoms with Gasteiger partial charge < -0.3 is 26.6 Å². The van der Waals surface area contributed by atoms with E-state index < -0.39 is 17.6 Å². The Bertz CT molecular complexity index is 445. The zero-order valence-electron chi connectivity index (χ0n) is 18.4. The predicted octanol–water partition coefficient (Wildman–Crippen LogP) is 3.95. The van der Waals surface area contributed by atoms with E-state index in [0.717, 1.165) is 11.1 Å². The summed E-state index contributed by atoms with van der Waals surface area (Å²) in [5, 5.41) is 0. The van der Waals surface area contributed by atoms with Gasteiger partial charge in [0.15, 0.2) is 0 Å². The molecule has 0 aliphatic rings. The molecule has 0 atom stereocenters. The first-order valence-corrected chi connectivity index (χ1v) is 14.3. The maximum absolute atomic E-state index is 5.96. The Hall–Kier alpha value is -0.586. The van der Waals surface area contributed by atoms with Gasteiger partial charge in [-0.1, -0.05) is 24.3 Å². The van der Waals surface area contributed by atoms with Gasteiger partial charge in [0, 0.05) is 51.7 Å². The molecule has 6 nitrogen and oxygen atoms in total. The van der Waals surface area contributed by atoms with Gasteiger partial charge in [-0.25, -0.2) is 0 Å². The number of hydrogen-bond acceptors (Lipinski definition) is 6. The molecule has 28 heavy (non-hydrogen) atoms. The Morgan fingerprint density at radius 2 is 0.679 bits per heavy atom. The second-order valence-corrected chi connectivity index (χ2v) is 11.3. The SMILES string of the molecule is CCO[Si](Cc1ccc(C[Si](OCC)(OCC)OCC)cc1)(OCC)OCC. The minimum Gasteiger partial charge on any atom is -0.374 e. The van der Waals surface area contributed by atoms with Gasteiger partial charge in [-0.05, 0) is 52.7 Å². The van der Waals surface area contributed by atoms with E-state index in [9.17, 15) is 0 Å². The smallest absolute Gasteiger partial charge is 0.374 e. The largest absolute Gasteiger partial charge is 0.505 e. The Kier molecular flexibility index (Phi) is 12.4. The van der Waals surface area contributed by atoms with Crippen LogP contribution in [0.2, 0.25) is 0 Å². The van der Waals surface area contributed by atoms with Crippen molar-refractivity contribution in [3.8, 4) is 0 Å². The van der Waals surface area contributed by atoms with Crippen LogP contribution in [0.1, 0.15) is 52.7 Å². The predicted molar refractivity (Wildman–Crippen MR) is 115 cm³/mol. The van der Waals surface area contributed by atoms with E-state index in [4.69, 9.17) is 26.6 Å². The lowest BCUT2D eigenvalue weighted by Crippen LogP contribution is -2.49. The zero-order valence-corrected chi connectivity index (χ0v) is 20.4. The summed E-state index contributed by atoms with van der Waals surface area (Å²) in [5.74, 6) is 0. The average Bonchev–Trinajstić information content (AvgIpc) is 2.65. The van der Waals surface area contributed by atoms with Crippen LogP contribution < -0.4 is 0 Å². The van der Waals surface area contributed by atoms with E-state index in [1.807, 2.05) is 41.5 Å². The van der Waals surface area contributed by atoms with Gasteiger partial charge in [-0.15, -0.1) is 0 Å². The molecule has 0 fully saturated rings. The van der Waals surface area contributed by atoms with Crippen molar-refractivity contribution in [3.63, 3.8) is 0 Å². The summed E-state index contributed by atoms with van der Waals surface area (Å²) >= 11 is 0. The molecule has 0 aliphatic carbocycles. The molecule has 0 aromatic heterocycles. The average molecular weight is 431 g/mol. The molecule has 0 N–H and O–H groups in total. The maximum atomic E-state index is 5.96. The summed E-state index contributed by atoms with van der Waals surface area (Å²) in [4.78, 5) is 0. The number of rotatable bonds is 16. The molecule has 1 rings (SSSR count). The van der Waals surface area contributed by atoms with Crippen molar-refractivity contribution in [2.75, 3.05) is 39.6 Å². The summed E-state index contributed by atoms with van der Waals surface area (Å²) in [6.45, 7) is 15.3. The summed E-state index contributed by atoms with van der Waals surface area (Å²) in [6, 6.07) is 9.75. The normalized spacial score (nSPS) is 12.5. The third kappa shape index (κ3) is 8.04. The minimum absolute atomic E-state index is 0.579. The van der Waals surface area contributed by atoms with Crippen molar-refractivity contribution in [1.82, 2.24) is 0 Å². The highest BCUT2D eigenvalue weighted by Crippen LogP contribution is 2.21. The summed E-state index contributed by atoms with van der Waals surface area (Å²) in [5.41, 5.74) is 2.28. The zero-order chi connectivity index (χ0) is 20.9. The quantitative estimate of drug-likeness (QED) is 0.370. The lowest BCUT2D eigenvalue weighted by Gasteiger charge is -2.29. The molecule has 0 amide bonds. The van der Waals surface area contributed by atoms with Gasteiger partial charge in [-0.2, -0.15) is 0 Å². The van der Waals surface area contributed by atoms with Gasteiger partial charge in [0.1, 0.15) is 0 Å². The first-order chi connectivity index (χ1) is 13.5. The van der Waals surface area contributed by atoms with Crippen LogP contribution in [0.3, 0.4) is 0 Å². The molecule has 0 radical (unpaired) electrons.